The van der Waals surface area contributed by atoms with Crippen LogP contribution in [0.4, 0.5) is 5.69 Å². The molecule has 2 nitrogen and oxygen atoms in total. The van der Waals surface area contributed by atoms with Crippen LogP contribution < -0.4 is 5.32 Å². The second-order valence-electron chi connectivity index (χ2n) is 4.71. The minimum Gasteiger partial charge on any atom is -0.325 e. The summed E-state index contributed by atoms with van der Waals surface area (Å²) in [5.74, 6) is 0.106. The second-order valence-corrected chi connectivity index (χ2v) is 4.71. The Morgan fingerprint density at radius 3 is 2.37 bits per heavy atom. The maximum atomic E-state index is 12.0. The van der Waals surface area contributed by atoms with Gasteiger partial charge < -0.3 is 5.32 Å². The molecule has 0 saturated carbocycles. The zero-order chi connectivity index (χ0) is 13.7. The Labute approximate surface area is 114 Å². The summed E-state index contributed by atoms with van der Waals surface area (Å²) < 4.78 is 0. The predicted molar refractivity (Wildman–Crippen MR) is 80.0 cm³/mol. The van der Waals surface area contributed by atoms with Gasteiger partial charge >= 0.3 is 0 Å². The van der Waals surface area contributed by atoms with Crippen molar-refractivity contribution in [2.45, 2.75) is 20.3 Å². The number of carbonyl (C=O) groups is 1. The lowest BCUT2D eigenvalue weighted by Gasteiger charge is -2.14. The summed E-state index contributed by atoms with van der Waals surface area (Å²) in [6.07, 6.45) is 0.847. The van der Waals surface area contributed by atoms with Gasteiger partial charge in [-0.2, -0.15) is 0 Å². The third kappa shape index (κ3) is 3.22. The van der Waals surface area contributed by atoms with Crippen molar-refractivity contribution in [1.29, 1.82) is 0 Å². The molecule has 0 radical (unpaired) electrons. The van der Waals surface area contributed by atoms with E-state index in [9.17, 15) is 4.79 Å². The smallest absolute Gasteiger partial charge is 0.227 e. The molecule has 0 spiro atoms. The van der Waals surface area contributed by atoms with Gasteiger partial charge in [-0.3, -0.25) is 4.79 Å². The highest BCUT2D eigenvalue weighted by Crippen LogP contribution is 2.27. The van der Waals surface area contributed by atoms with Crippen molar-refractivity contribution in [3.63, 3.8) is 0 Å². The highest BCUT2D eigenvalue weighted by atomic mass is 16.1. The van der Waals surface area contributed by atoms with Crippen molar-refractivity contribution in [3.05, 3.63) is 54.6 Å². The van der Waals surface area contributed by atoms with Crippen LogP contribution in [0.5, 0.6) is 0 Å². The van der Waals surface area contributed by atoms with Gasteiger partial charge in [-0.05, 0) is 18.1 Å². The van der Waals surface area contributed by atoms with Crippen LogP contribution in [0.15, 0.2) is 54.6 Å². The van der Waals surface area contributed by atoms with Gasteiger partial charge in [0.05, 0.1) is 0 Å². The molecule has 0 aromatic heterocycles. The average molecular weight is 253 g/mol. The van der Waals surface area contributed by atoms with Gasteiger partial charge in [0, 0.05) is 17.2 Å². The fourth-order valence-corrected chi connectivity index (χ4v) is 1.90. The lowest BCUT2D eigenvalue weighted by Crippen LogP contribution is -2.20. The van der Waals surface area contributed by atoms with Gasteiger partial charge in [0.1, 0.15) is 0 Å². The minimum absolute atomic E-state index is 0.0313. The monoisotopic (exact) mass is 253 g/mol. The first-order chi connectivity index (χ1) is 9.22. The van der Waals surface area contributed by atoms with Gasteiger partial charge in [-0.1, -0.05) is 62.4 Å². The molecule has 19 heavy (non-hydrogen) atoms. The van der Waals surface area contributed by atoms with Gasteiger partial charge in [-0.25, -0.2) is 0 Å². The first kappa shape index (κ1) is 13.3. The summed E-state index contributed by atoms with van der Waals surface area (Å²) in [5.41, 5.74) is 3.04. The maximum Gasteiger partial charge on any atom is 0.227 e. The van der Waals surface area contributed by atoms with Crippen molar-refractivity contribution in [2.75, 3.05) is 5.32 Å². The molecule has 0 aliphatic carbocycles. The van der Waals surface area contributed by atoms with E-state index in [1.54, 1.807) is 0 Å². The van der Waals surface area contributed by atoms with E-state index in [0.717, 1.165) is 23.2 Å². The zero-order valence-corrected chi connectivity index (χ0v) is 11.4. The van der Waals surface area contributed by atoms with Crippen LogP contribution in [0.25, 0.3) is 11.1 Å². The number of hydrogen-bond acceptors (Lipinski definition) is 1. The van der Waals surface area contributed by atoms with Gasteiger partial charge in [0.2, 0.25) is 5.91 Å². The number of nitrogens with one attached hydrogen (secondary N) is 1. The lowest BCUT2D eigenvalue weighted by molar-refractivity contribution is -0.119. The third-order valence-electron chi connectivity index (χ3n) is 3.33. The standard InChI is InChI=1S/C17H19NO/c1-3-13(2)17(19)18-16-12-8-7-11-15(16)14-9-5-4-6-10-14/h4-13H,3H2,1-2H3,(H,18,19)/t13-/m1/s1. The normalized spacial score (nSPS) is 11.9. The summed E-state index contributed by atoms with van der Waals surface area (Å²) >= 11 is 0. The first-order valence-electron chi connectivity index (χ1n) is 6.67. The zero-order valence-electron chi connectivity index (χ0n) is 11.4. The number of benzene rings is 2. The van der Waals surface area contributed by atoms with E-state index in [1.165, 1.54) is 0 Å². The van der Waals surface area contributed by atoms with E-state index in [-0.39, 0.29) is 11.8 Å². The molecule has 0 aliphatic rings. The quantitative estimate of drug-likeness (QED) is 0.863. The Balaban J connectivity index is 2.30. The van der Waals surface area contributed by atoms with Crippen LogP contribution in [0.1, 0.15) is 20.3 Å². The number of amides is 1. The number of hydrogen-bond donors (Lipinski definition) is 1. The predicted octanol–water partition coefficient (Wildman–Crippen LogP) is 4.34. The molecule has 0 aliphatic heterocycles. The van der Waals surface area contributed by atoms with Crippen LogP contribution in [-0.4, -0.2) is 5.91 Å². The topological polar surface area (TPSA) is 29.1 Å². The summed E-state index contributed by atoms with van der Waals surface area (Å²) in [6.45, 7) is 3.97. The van der Waals surface area contributed by atoms with Gasteiger partial charge in [0.15, 0.2) is 0 Å². The highest BCUT2D eigenvalue weighted by Gasteiger charge is 2.12. The molecule has 0 unspecified atom stereocenters. The Bertz CT molecular complexity index is 548. The Kier molecular flexibility index (Phi) is 4.35. The number of para-hydroxylation sites is 1. The van der Waals surface area contributed by atoms with Crippen molar-refractivity contribution in [1.82, 2.24) is 0 Å². The number of anilines is 1. The fraction of sp³-hybridized carbons (Fsp3) is 0.235. The van der Waals surface area contributed by atoms with E-state index in [2.05, 4.69) is 5.32 Å². The second kappa shape index (κ2) is 6.19. The molecule has 2 heteroatoms. The Hall–Kier alpha value is -2.09. The largest absolute Gasteiger partial charge is 0.325 e. The minimum atomic E-state index is 0.0313. The van der Waals surface area contributed by atoms with Crippen molar-refractivity contribution in [2.24, 2.45) is 5.92 Å². The third-order valence-corrected chi connectivity index (χ3v) is 3.33. The van der Waals surface area contributed by atoms with Crippen LogP contribution in [0.2, 0.25) is 0 Å². The van der Waals surface area contributed by atoms with Gasteiger partial charge in [0.25, 0.3) is 0 Å². The fourth-order valence-electron chi connectivity index (χ4n) is 1.90. The Morgan fingerprint density at radius 1 is 1.05 bits per heavy atom. The SMILES string of the molecule is CC[C@@H](C)C(=O)Nc1ccccc1-c1ccccc1. The maximum absolute atomic E-state index is 12.0. The summed E-state index contributed by atoms with van der Waals surface area (Å²) in [4.78, 5) is 12.0. The molecule has 0 bridgehead atoms. The first-order valence-corrected chi connectivity index (χ1v) is 6.67. The molecular formula is C17H19NO. The van der Waals surface area contributed by atoms with E-state index in [4.69, 9.17) is 0 Å². The highest BCUT2D eigenvalue weighted by molar-refractivity contribution is 5.96. The molecule has 1 amide bonds. The summed E-state index contributed by atoms with van der Waals surface area (Å²) in [5, 5.41) is 3.02. The van der Waals surface area contributed by atoms with Crippen LogP contribution in [0.3, 0.4) is 0 Å². The molecule has 98 valence electrons. The van der Waals surface area contributed by atoms with Crippen LogP contribution >= 0.6 is 0 Å². The molecule has 1 N–H and O–H groups in total. The number of rotatable bonds is 4. The summed E-state index contributed by atoms with van der Waals surface area (Å²) in [7, 11) is 0. The summed E-state index contributed by atoms with van der Waals surface area (Å²) in [6, 6.07) is 18.0. The molecule has 2 rings (SSSR count). The lowest BCUT2D eigenvalue weighted by atomic mass is 10.0. The molecule has 0 heterocycles. The molecular weight excluding hydrogens is 234 g/mol. The number of carbonyl (C=O) groups excluding carboxylic acids is 1. The van der Waals surface area contributed by atoms with Crippen molar-refractivity contribution < 1.29 is 4.79 Å². The van der Waals surface area contributed by atoms with Crippen molar-refractivity contribution >= 4 is 11.6 Å². The molecule has 2 aromatic carbocycles. The van der Waals surface area contributed by atoms with E-state index in [1.807, 2.05) is 68.4 Å². The average Bonchev–Trinajstić information content (AvgIpc) is 2.47. The van der Waals surface area contributed by atoms with Crippen LogP contribution in [0, 0.1) is 5.92 Å². The molecule has 2 aromatic rings. The van der Waals surface area contributed by atoms with Gasteiger partial charge in [-0.15, -0.1) is 0 Å². The van der Waals surface area contributed by atoms with Crippen LogP contribution in [-0.2, 0) is 4.79 Å². The molecule has 1 atom stereocenters. The van der Waals surface area contributed by atoms with Crippen molar-refractivity contribution in [3.8, 4) is 11.1 Å². The molecule has 0 fully saturated rings. The van der Waals surface area contributed by atoms with E-state index in [0.29, 0.717) is 0 Å². The van der Waals surface area contributed by atoms with E-state index >= 15 is 0 Å². The van der Waals surface area contributed by atoms with E-state index < -0.39 is 0 Å². The Morgan fingerprint density at radius 2 is 1.68 bits per heavy atom. The molecule has 0 saturated heterocycles.